The van der Waals surface area contributed by atoms with E-state index in [4.69, 9.17) is 0 Å². The number of hydrogen-bond acceptors (Lipinski definition) is 4. The Morgan fingerprint density at radius 1 is 1.07 bits per heavy atom. The number of benzene rings is 2. The van der Waals surface area contributed by atoms with E-state index in [0.29, 0.717) is 10.7 Å². The van der Waals surface area contributed by atoms with E-state index in [2.05, 4.69) is 15.6 Å². The fourth-order valence-electron chi connectivity index (χ4n) is 2.66. The maximum absolute atomic E-state index is 12.4. The minimum absolute atomic E-state index is 0.277. The van der Waals surface area contributed by atoms with Gasteiger partial charge in [0.15, 0.2) is 5.13 Å². The molecular formula is C21H21N3O2S. The van der Waals surface area contributed by atoms with Gasteiger partial charge in [-0.25, -0.2) is 4.98 Å². The van der Waals surface area contributed by atoms with Crippen molar-refractivity contribution >= 4 is 28.3 Å². The molecule has 1 unspecified atom stereocenters. The van der Waals surface area contributed by atoms with Crippen molar-refractivity contribution < 1.29 is 9.59 Å². The standard InChI is InChI=1S/C21H21N3O2S/c1-13-7-6-9-16(11-13)20(26)22-15(3)19(25)24-21-23-18(12-27-21)17-10-5-4-8-14(17)2/h4-12,15H,1-3H3,(H,22,26)(H,23,24,25). The Balaban J connectivity index is 1.63. The third-order valence-electron chi connectivity index (χ3n) is 4.18. The van der Waals surface area contributed by atoms with Crippen LogP contribution in [0.1, 0.15) is 28.4 Å². The molecular weight excluding hydrogens is 358 g/mol. The molecule has 1 aromatic heterocycles. The lowest BCUT2D eigenvalue weighted by molar-refractivity contribution is -0.117. The summed E-state index contributed by atoms with van der Waals surface area (Å²) in [6.45, 7) is 5.59. The van der Waals surface area contributed by atoms with E-state index in [9.17, 15) is 9.59 Å². The Morgan fingerprint density at radius 2 is 1.85 bits per heavy atom. The highest BCUT2D eigenvalue weighted by Gasteiger charge is 2.18. The molecule has 138 valence electrons. The summed E-state index contributed by atoms with van der Waals surface area (Å²) >= 11 is 1.36. The number of amides is 2. The monoisotopic (exact) mass is 379 g/mol. The highest BCUT2D eigenvalue weighted by Crippen LogP contribution is 2.27. The SMILES string of the molecule is Cc1cccc(C(=O)NC(C)C(=O)Nc2nc(-c3ccccc3C)cs2)c1. The molecule has 1 atom stereocenters. The first-order valence-corrected chi connectivity index (χ1v) is 9.52. The Morgan fingerprint density at radius 3 is 2.59 bits per heavy atom. The zero-order valence-electron chi connectivity index (χ0n) is 15.4. The first-order chi connectivity index (χ1) is 12.9. The largest absolute Gasteiger partial charge is 0.341 e. The molecule has 5 nitrogen and oxygen atoms in total. The zero-order valence-corrected chi connectivity index (χ0v) is 16.3. The molecule has 3 rings (SSSR count). The third kappa shape index (κ3) is 4.60. The van der Waals surface area contributed by atoms with E-state index in [1.54, 1.807) is 19.1 Å². The van der Waals surface area contributed by atoms with Gasteiger partial charge in [0, 0.05) is 16.5 Å². The minimum Gasteiger partial charge on any atom is -0.341 e. The number of rotatable bonds is 5. The molecule has 2 N–H and O–H groups in total. The zero-order chi connectivity index (χ0) is 19.4. The van der Waals surface area contributed by atoms with Gasteiger partial charge >= 0.3 is 0 Å². The van der Waals surface area contributed by atoms with Crippen LogP contribution in [-0.2, 0) is 4.79 Å². The first kappa shape index (κ1) is 18.8. The topological polar surface area (TPSA) is 71.1 Å². The summed E-state index contributed by atoms with van der Waals surface area (Å²) in [5.74, 6) is -0.581. The van der Waals surface area contributed by atoms with Crippen molar-refractivity contribution in [2.24, 2.45) is 0 Å². The third-order valence-corrected chi connectivity index (χ3v) is 4.93. The molecule has 6 heteroatoms. The van der Waals surface area contributed by atoms with Gasteiger partial charge in [-0.2, -0.15) is 0 Å². The van der Waals surface area contributed by atoms with Crippen molar-refractivity contribution in [3.05, 3.63) is 70.6 Å². The van der Waals surface area contributed by atoms with Gasteiger partial charge in [-0.15, -0.1) is 11.3 Å². The number of nitrogens with one attached hydrogen (secondary N) is 2. The Hall–Kier alpha value is -2.99. The van der Waals surface area contributed by atoms with Gasteiger partial charge in [-0.3, -0.25) is 9.59 Å². The van der Waals surface area contributed by atoms with Crippen LogP contribution in [0.15, 0.2) is 53.9 Å². The number of anilines is 1. The van der Waals surface area contributed by atoms with Gasteiger partial charge in [-0.1, -0.05) is 42.0 Å². The highest BCUT2D eigenvalue weighted by molar-refractivity contribution is 7.14. The number of carbonyl (C=O) groups excluding carboxylic acids is 2. The van der Waals surface area contributed by atoms with Crippen LogP contribution in [0, 0.1) is 13.8 Å². The number of aromatic nitrogens is 1. The molecule has 0 spiro atoms. The van der Waals surface area contributed by atoms with E-state index in [0.717, 1.165) is 22.4 Å². The maximum Gasteiger partial charge on any atom is 0.251 e. The van der Waals surface area contributed by atoms with Gasteiger partial charge in [0.25, 0.3) is 5.91 Å². The predicted molar refractivity (Wildman–Crippen MR) is 109 cm³/mol. The van der Waals surface area contributed by atoms with Gasteiger partial charge in [0.1, 0.15) is 6.04 Å². The van der Waals surface area contributed by atoms with E-state index in [1.165, 1.54) is 11.3 Å². The lowest BCUT2D eigenvalue weighted by Crippen LogP contribution is -2.41. The number of aryl methyl sites for hydroxylation is 2. The molecule has 2 aromatic carbocycles. The van der Waals surface area contributed by atoms with E-state index in [-0.39, 0.29) is 11.8 Å². The quantitative estimate of drug-likeness (QED) is 0.698. The predicted octanol–water partition coefficient (Wildman–Crippen LogP) is 4.18. The fourth-order valence-corrected chi connectivity index (χ4v) is 3.37. The van der Waals surface area contributed by atoms with Gasteiger partial charge in [0.05, 0.1) is 5.69 Å². The van der Waals surface area contributed by atoms with Crippen LogP contribution in [0.4, 0.5) is 5.13 Å². The second-order valence-electron chi connectivity index (χ2n) is 6.41. The molecule has 2 amide bonds. The average Bonchev–Trinajstić information content (AvgIpc) is 3.10. The lowest BCUT2D eigenvalue weighted by atomic mass is 10.1. The van der Waals surface area contributed by atoms with Crippen LogP contribution >= 0.6 is 11.3 Å². The highest BCUT2D eigenvalue weighted by atomic mass is 32.1. The lowest BCUT2D eigenvalue weighted by Gasteiger charge is -2.13. The van der Waals surface area contributed by atoms with Crippen LogP contribution in [0.25, 0.3) is 11.3 Å². The van der Waals surface area contributed by atoms with E-state index in [1.807, 2.05) is 55.6 Å². The molecule has 0 aliphatic carbocycles. The summed E-state index contributed by atoms with van der Waals surface area (Å²) in [6, 6.07) is 14.5. The van der Waals surface area contributed by atoms with Crippen molar-refractivity contribution in [2.45, 2.75) is 26.8 Å². The summed E-state index contributed by atoms with van der Waals surface area (Å²) in [6.07, 6.45) is 0. The molecule has 0 bridgehead atoms. The van der Waals surface area contributed by atoms with Gasteiger partial charge in [0.2, 0.25) is 5.91 Å². The summed E-state index contributed by atoms with van der Waals surface area (Å²) in [5.41, 5.74) is 4.51. The van der Waals surface area contributed by atoms with Crippen LogP contribution in [-0.4, -0.2) is 22.8 Å². The van der Waals surface area contributed by atoms with Crippen LogP contribution in [0.3, 0.4) is 0 Å². The first-order valence-electron chi connectivity index (χ1n) is 8.64. The fraction of sp³-hybridized carbons (Fsp3) is 0.190. The smallest absolute Gasteiger partial charge is 0.251 e. The normalized spacial score (nSPS) is 11.7. The van der Waals surface area contributed by atoms with Crippen LogP contribution in [0.5, 0.6) is 0 Å². The number of thiazole rings is 1. The van der Waals surface area contributed by atoms with Gasteiger partial charge < -0.3 is 10.6 Å². The number of carbonyl (C=O) groups is 2. The molecule has 0 aliphatic heterocycles. The van der Waals surface area contributed by atoms with Crippen molar-refractivity contribution in [2.75, 3.05) is 5.32 Å². The molecule has 0 aliphatic rings. The average molecular weight is 379 g/mol. The Labute approximate surface area is 162 Å². The Kier molecular flexibility index (Phi) is 5.66. The summed E-state index contributed by atoms with van der Waals surface area (Å²) in [4.78, 5) is 29.2. The van der Waals surface area contributed by atoms with E-state index < -0.39 is 6.04 Å². The minimum atomic E-state index is -0.677. The van der Waals surface area contributed by atoms with Crippen molar-refractivity contribution in [3.8, 4) is 11.3 Å². The molecule has 0 saturated carbocycles. The molecule has 0 fully saturated rings. The molecule has 1 heterocycles. The second-order valence-corrected chi connectivity index (χ2v) is 7.26. The summed E-state index contributed by atoms with van der Waals surface area (Å²) < 4.78 is 0. The van der Waals surface area contributed by atoms with Crippen LogP contribution < -0.4 is 10.6 Å². The Bertz CT molecular complexity index is 981. The number of hydrogen-bond donors (Lipinski definition) is 2. The molecule has 0 radical (unpaired) electrons. The number of nitrogens with zero attached hydrogens (tertiary/aromatic N) is 1. The second kappa shape index (κ2) is 8.14. The van der Waals surface area contributed by atoms with Crippen molar-refractivity contribution in [3.63, 3.8) is 0 Å². The molecule has 0 saturated heterocycles. The van der Waals surface area contributed by atoms with E-state index >= 15 is 0 Å². The van der Waals surface area contributed by atoms with Crippen molar-refractivity contribution in [1.82, 2.24) is 10.3 Å². The molecule has 3 aromatic rings. The summed E-state index contributed by atoms with van der Waals surface area (Å²) in [7, 11) is 0. The molecule has 27 heavy (non-hydrogen) atoms. The van der Waals surface area contributed by atoms with Crippen molar-refractivity contribution in [1.29, 1.82) is 0 Å². The van der Waals surface area contributed by atoms with Crippen LogP contribution in [0.2, 0.25) is 0 Å². The maximum atomic E-state index is 12.4. The van der Waals surface area contributed by atoms with Gasteiger partial charge in [-0.05, 0) is 38.5 Å². The summed E-state index contributed by atoms with van der Waals surface area (Å²) in [5, 5.41) is 7.91.